The Morgan fingerprint density at radius 2 is 2.07 bits per heavy atom. The molecular weight excluding hydrogens is 352 g/mol. The minimum Gasteiger partial charge on any atom is -0.336 e. The molecule has 7 heteroatoms. The standard InChI is InChI=1S/C21H28N6O/c1-6-26-10-9-16(24-26)12-25(5)21(28)17-11-18(15-7-8-15)22-20-19(17)14(4)23-27(20)13(2)3/h9-11,13,15H,6-8,12H2,1-5H3. The molecule has 3 heterocycles. The van der Waals surface area contributed by atoms with E-state index in [-0.39, 0.29) is 11.9 Å². The number of aromatic nitrogens is 5. The number of hydrogen-bond acceptors (Lipinski definition) is 4. The molecule has 0 aliphatic heterocycles. The highest BCUT2D eigenvalue weighted by Gasteiger charge is 2.29. The third-order valence-corrected chi connectivity index (χ3v) is 5.34. The number of rotatable bonds is 6. The van der Waals surface area contributed by atoms with Crippen LogP contribution >= 0.6 is 0 Å². The zero-order valence-corrected chi connectivity index (χ0v) is 17.3. The number of nitrogens with zero attached hydrogens (tertiary/aromatic N) is 6. The maximum Gasteiger partial charge on any atom is 0.254 e. The van der Waals surface area contributed by atoms with Gasteiger partial charge in [-0.15, -0.1) is 0 Å². The van der Waals surface area contributed by atoms with Crippen molar-refractivity contribution in [2.45, 2.75) is 65.6 Å². The van der Waals surface area contributed by atoms with E-state index in [2.05, 4.69) is 24.0 Å². The second-order valence-corrected chi connectivity index (χ2v) is 8.02. The van der Waals surface area contributed by atoms with Gasteiger partial charge >= 0.3 is 0 Å². The van der Waals surface area contributed by atoms with Crippen molar-refractivity contribution in [3.8, 4) is 0 Å². The Balaban J connectivity index is 1.74. The van der Waals surface area contributed by atoms with Crippen LogP contribution in [0.3, 0.4) is 0 Å². The summed E-state index contributed by atoms with van der Waals surface area (Å²) in [6.45, 7) is 9.49. The summed E-state index contributed by atoms with van der Waals surface area (Å²) in [5.74, 6) is 0.462. The van der Waals surface area contributed by atoms with Crippen LogP contribution in [0.25, 0.3) is 11.0 Å². The summed E-state index contributed by atoms with van der Waals surface area (Å²) in [5.41, 5.74) is 4.28. The molecule has 7 nitrogen and oxygen atoms in total. The number of fused-ring (bicyclic) bond motifs is 1. The molecule has 1 fully saturated rings. The molecule has 0 saturated heterocycles. The van der Waals surface area contributed by atoms with E-state index in [1.54, 1.807) is 4.90 Å². The third-order valence-electron chi connectivity index (χ3n) is 5.34. The van der Waals surface area contributed by atoms with Crippen molar-refractivity contribution in [3.05, 3.63) is 41.0 Å². The molecule has 0 radical (unpaired) electrons. The van der Waals surface area contributed by atoms with Crippen molar-refractivity contribution in [1.29, 1.82) is 0 Å². The Bertz CT molecular complexity index is 1030. The minimum atomic E-state index is -0.00763. The van der Waals surface area contributed by atoms with E-state index in [9.17, 15) is 4.79 Å². The summed E-state index contributed by atoms with van der Waals surface area (Å²) in [6.07, 6.45) is 4.23. The highest BCUT2D eigenvalue weighted by Crippen LogP contribution is 2.40. The van der Waals surface area contributed by atoms with Gasteiger partial charge in [0.2, 0.25) is 0 Å². The molecule has 28 heavy (non-hydrogen) atoms. The number of carbonyl (C=O) groups is 1. The normalized spacial score (nSPS) is 14.2. The van der Waals surface area contributed by atoms with Gasteiger partial charge in [0.1, 0.15) is 0 Å². The van der Waals surface area contributed by atoms with Gasteiger partial charge in [-0.1, -0.05) is 0 Å². The molecule has 4 rings (SSSR count). The summed E-state index contributed by atoms with van der Waals surface area (Å²) < 4.78 is 3.82. The van der Waals surface area contributed by atoms with Crippen LogP contribution in [0.15, 0.2) is 18.3 Å². The first-order valence-electron chi connectivity index (χ1n) is 10.1. The summed E-state index contributed by atoms with van der Waals surface area (Å²) in [6, 6.07) is 4.15. The fourth-order valence-corrected chi connectivity index (χ4v) is 3.63. The predicted molar refractivity (Wildman–Crippen MR) is 108 cm³/mol. The highest BCUT2D eigenvalue weighted by molar-refractivity contribution is 6.06. The number of pyridine rings is 1. The van der Waals surface area contributed by atoms with Crippen molar-refractivity contribution in [2.24, 2.45) is 0 Å². The maximum atomic E-state index is 13.4. The van der Waals surface area contributed by atoms with Crippen LogP contribution in [-0.4, -0.2) is 42.4 Å². The van der Waals surface area contributed by atoms with E-state index < -0.39 is 0 Å². The lowest BCUT2D eigenvalue weighted by atomic mass is 10.1. The van der Waals surface area contributed by atoms with Gasteiger partial charge in [-0.2, -0.15) is 10.2 Å². The van der Waals surface area contributed by atoms with Crippen LogP contribution in [0.2, 0.25) is 0 Å². The van der Waals surface area contributed by atoms with Crippen LogP contribution in [0.4, 0.5) is 0 Å². The molecule has 1 amide bonds. The Morgan fingerprint density at radius 3 is 2.68 bits per heavy atom. The SMILES string of the molecule is CCn1ccc(CN(C)C(=O)c2cc(C3CC3)nc3c2c(C)nn3C(C)C)n1. The molecule has 0 aromatic carbocycles. The molecule has 0 N–H and O–H groups in total. The lowest BCUT2D eigenvalue weighted by Gasteiger charge is -2.17. The first kappa shape index (κ1) is 18.7. The fourth-order valence-electron chi connectivity index (χ4n) is 3.63. The van der Waals surface area contributed by atoms with Gasteiger partial charge in [0.15, 0.2) is 5.65 Å². The molecule has 1 aliphatic rings. The third kappa shape index (κ3) is 3.30. The summed E-state index contributed by atoms with van der Waals surface area (Å²) >= 11 is 0. The van der Waals surface area contributed by atoms with Crippen LogP contribution in [-0.2, 0) is 13.1 Å². The fraction of sp³-hybridized carbons (Fsp3) is 0.524. The van der Waals surface area contributed by atoms with Gasteiger partial charge < -0.3 is 4.90 Å². The lowest BCUT2D eigenvalue weighted by Crippen LogP contribution is -2.27. The molecule has 1 saturated carbocycles. The van der Waals surface area contributed by atoms with Crippen molar-refractivity contribution in [2.75, 3.05) is 7.05 Å². The van der Waals surface area contributed by atoms with E-state index in [0.717, 1.165) is 47.5 Å². The molecule has 1 aliphatic carbocycles. The monoisotopic (exact) mass is 380 g/mol. The van der Waals surface area contributed by atoms with E-state index in [1.165, 1.54) is 0 Å². The lowest BCUT2D eigenvalue weighted by molar-refractivity contribution is 0.0785. The first-order valence-corrected chi connectivity index (χ1v) is 10.1. The summed E-state index contributed by atoms with van der Waals surface area (Å²) in [4.78, 5) is 20.0. The second kappa shape index (κ2) is 7.04. The topological polar surface area (TPSA) is 68.8 Å². The smallest absolute Gasteiger partial charge is 0.254 e. The average Bonchev–Trinajstić information content (AvgIpc) is 3.34. The second-order valence-electron chi connectivity index (χ2n) is 8.02. The van der Waals surface area contributed by atoms with Gasteiger partial charge in [0, 0.05) is 37.4 Å². The number of carbonyl (C=O) groups excluding carboxylic acids is 1. The molecule has 0 atom stereocenters. The summed E-state index contributed by atoms with van der Waals surface area (Å²) in [7, 11) is 1.83. The van der Waals surface area contributed by atoms with E-state index in [0.29, 0.717) is 18.0 Å². The Hall–Kier alpha value is -2.70. The maximum absolute atomic E-state index is 13.4. The molecule has 0 spiro atoms. The Kier molecular flexibility index (Phi) is 4.69. The van der Waals surface area contributed by atoms with Crippen LogP contribution < -0.4 is 0 Å². The van der Waals surface area contributed by atoms with Gasteiger partial charge in [-0.25, -0.2) is 9.67 Å². The summed E-state index contributed by atoms with van der Waals surface area (Å²) in [5, 5.41) is 10.0. The zero-order valence-electron chi connectivity index (χ0n) is 17.3. The number of aryl methyl sites for hydroxylation is 2. The van der Waals surface area contributed by atoms with E-state index >= 15 is 0 Å². The number of amides is 1. The zero-order chi connectivity index (χ0) is 20.0. The molecule has 3 aromatic heterocycles. The molecule has 0 unspecified atom stereocenters. The van der Waals surface area contributed by atoms with Crippen molar-refractivity contribution < 1.29 is 4.79 Å². The number of hydrogen-bond donors (Lipinski definition) is 0. The molecule has 0 bridgehead atoms. The Labute approximate surface area is 165 Å². The van der Waals surface area contributed by atoms with Crippen LogP contribution in [0, 0.1) is 6.92 Å². The van der Waals surface area contributed by atoms with E-state index in [1.807, 2.05) is 48.6 Å². The minimum absolute atomic E-state index is 0.00763. The molecular formula is C21H28N6O. The molecule has 3 aromatic rings. The van der Waals surface area contributed by atoms with Gasteiger partial charge in [0.05, 0.1) is 28.9 Å². The van der Waals surface area contributed by atoms with Gasteiger partial charge in [-0.3, -0.25) is 9.48 Å². The van der Waals surface area contributed by atoms with Crippen molar-refractivity contribution in [1.82, 2.24) is 29.4 Å². The highest BCUT2D eigenvalue weighted by atomic mass is 16.2. The first-order chi connectivity index (χ1) is 13.4. The average molecular weight is 380 g/mol. The van der Waals surface area contributed by atoms with Crippen LogP contribution in [0.1, 0.15) is 73.0 Å². The van der Waals surface area contributed by atoms with Gasteiger partial charge in [0.25, 0.3) is 5.91 Å². The largest absolute Gasteiger partial charge is 0.336 e. The predicted octanol–water partition coefficient (Wildman–Crippen LogP) is 3.69. The van der Waals surface area contributed by atoms with Gasteiger partial charge in [-0.05, 0) is 52.7 Å². The van der Waals surface area contributed by atoms with Crippen molar-refractivity contribution >= 4 is 16.9 Å². The quantitative estimate of drug-likeness (QED) is 0.654. The van der Waals surface area contributed by atoms with Crippen LogP contribution in [0.5, 0.6) is 0 Å². The van der Waals surface area contributed by atoms with Crippen molar-refractivity contribution in [3.63, 3.8) is 0 Å². The molecule has 148 valence electrons. The van der Waals surface area contributed by atoms with E-state index in [4.69, 9.17) is 4.98 Å². The Morgan fingerprint density at radius 1 is 1.32 bits per heavy atom.